The number of methoxy groups -OCH3 is 2. The van der Waals surface area contributed by atoms with Crippen molar-refractivity contribution in [2.75, 3.05) is 40.4 Å². The minimum Gasteiger partial charge on any atom is -0.496 e. The average Bonchev–Trinajstić information content (AvgIpc) is 2.70. The Morgan fingerprint density at radius 3 is 2.61 bits per heavy atom. The Morgan fingerprint density at radius 2 is 1.96 bits per heavy atom. The second-order valence-electron chi connectivity index (χ2n) is 7.60. The third-order valence-electron chi connectivity index (χ3n) is 5.78. The standard InChI is InChI=1S/C21H31N3O4/c1-15-12-16(4-5-19(15)28-3)14-24-11-8-22-21(26)18(24)13-20(25)23-9-6-17(27-2)7-10-23/h4-5,12,17-18H,6-11,13-14H2,1-3H3,(H,22,26). The predicted octanol–water partition coefficient (Wildman–Crippen LogP) is 1.33. The van der Waals surface area contributed by atoms with Gasteiger partial charge in [-0.15, -0.1) is 0 Å². The van der Waals surface area contributed by atoms with Gasteiger partial charge in [-0.05, 0) is 37.0 Å². The van der Waals surface area contributed by atoms with Crippen molar-refractivity contribution in [3.8, 4) is 5.75 Å². The zero-order chi connectivity index (χ0) is 20.1. The molecule has 1 aromatic carbocycles. The summed E-state index contributed by atoms with van der Waals surface area (Å²) in [5.41, 5.74) is 2.18. The molecule has 2 saturated heterocycles. The van der Waals surface area contributed by atoms with E-state index in [9.17, 15) is 9.59 Å². The lowest BCUT2D eigenvalue weighted by atomic mass is 10.0. The van der Waals surface area contributed by atoms with Gasteiger partial charge in [-0.1, -0.05) is 12.1 Å². The molecule has 0 spiro atoms. The van der Waals surface area contributed by atoms with Crippen LogP contribution in [0.3, 0.4) is 0 Å². The Bertz CT molecular complexity index is 701. The maximum absolute atomic E-state index is 12.8. The van der Waals surface area contributed by atoms with E-state index >= 15 is 0 Å². The van der Waals surface area contributed by atoms with Crippen LogP contribution in [0.15, 0.2) is 18.2 Å². The van der Waals surface area contributed by atoms with Crippen molar-refractivity contribution in [2.45, 2.75) is 44.9 Å². The second kappa shape index (κ2) is 9.39. The van der Waals surface area contributed by atoms with Crippen LogP contribution in [-0.4, -0.2) is 74.2 Å². The van der Waals surface area contributed by atoms with Gasteiger partial charge in [0.2, 0.25) is 11.8 Å². The van der Waals surface area contributed by atoms with Crippen molar-refractivity contribution in [1.82, 2.24) is 15.1 Å². The van der Waals surface area contributed by atoms with Gasteiger partial charge >= 0.3 is 0 Å². The number of carbonyl (C=O) groups is 2. The van der Waals surface area contributed by atoms with E-state index in [4.69, 9.17) is 9.47 Å². The molecule has 2 aliphatic rings. The highest BCUT2D eigenvalue weighted by Crippen LogP contribution is 2.22. The fourth-order valence-electron chi connectivity index (χ4n) is 4.08. The highest BCUT2D eigenvalue weighted by atomic mass is 16.5. The van der Waals surface area contributed by atoms with E-state index in [1.54, 1.807) is 14.2 Å². The van der Waals surface area contributed by atoms with Crippen molar-refractivity contribution >= 4 is 11.8 Å². The summed E-state index contributed by atoms with van der Waals surface area (Å²) in [6.07, 6.45) is 2.16. The molecule has 28 heavy (non-hydrogen) atoms. The summed E-state index contributed by atoms with van der Waals surface area (Å²) < 4.78 is 10.7. The lowest BCUT2D eigenvalue weighted by Gasteiger charge is -2.37. The van der Waals surface area contributed by atoms with E-state index in [2.05, 4.69) is 16.3 Å². The molecule has 0 bridgehead atoms. The number of nitrogens with one attached hydrogen (secondary N) is 1. The smallest absolute Gasteiger partial charge is 0.237 e. The number of likely N-dealkylation sites (tertiary alicyclic amines) is 1. The minimum atomic E-state index is -0.427. The quantitative estimate of drug-likeness (QED) is 0.795. The molecule has 2 aliphatic heterocycles. The first-order valence-corrected chi connectivity index (χ1v) is 9.97. The van der Waals surface area contributed by atoms with Crippen LogP contribution in [0, 0.1) is 6.92 Å². The molecule has 2 heterocycles. The molecule has 2 fully saturated rings. The molecule has 0 aromatic heterocycles. The van der Waals surface area contributed by atoms with Gasteiger partial charge in [0.1, 0.15) is 5.75 Å². The van der Waals surface area contributed by atoms with Crippen molar-refractivity contribution in [1.29, 1.82) is 0 Å². The van der Waals surface area contributed by atoms with E-state index in [-0.39, 0.29) is 24.3 Å². The molecule has 1 atom stereocenters. The molecule has 1 unspecified atom stereocenters. The monoisotopic (exact) mass is 389 g/mol. The van der Waals surface area contributed by atoms with Crippen molar-refractivity contribution < 1.29 is 19.1 Å². The van der Waals surface area contributed by atoms with E-state index in [0.717, 1.165) is 36.3 Å². The number of hydrogen-bond acceptors (Lipinski definition) is 5. The number of carbonyl (C=O) groups excluding carboxylic acids is 2. The molecule has 154 valence electrons. The van der Waals surface area contributed by atoms with Crippen molar-refractivity contribution in [3.63, 3.8) is 0 Å². The number of piperazine rings is 1. The molecule has 0 radical (unpaired) electrons. The second-order valence-corrected chi connectivity index (χ2v) is 7.60. The predicted molar refractivity (Wildman–Crippen MR) is 106 cm³/mol. The summed E-state index contributed by atoms with van der Waals surface area (Å²) in [6, 6.07) is 5.63. The molecule has 7 nitrogen and oxygen atoms in total. The summed E-state index contributed by atoms with van der Waals surface area (Å²) in [4.78, 5) is 29.3. The molecule has 0 aliphatic carbocycles. The van der Waals surface area contributed by atoms with Gasteiger partial charge in [0.15, 0.2) is 0 Å². The molecule has 3 rings (SSSR count). The first-order chi connectivity index (χ1) is 13.5. The Balaban J connectivity index is 1.64. The maximum Gasteiger partial charge on any atom is 0.237 e. The van der Waals surface area contributed by atoms with Crippen molar-refractivity contribution in [2.24, 2.45) is 0 Å². The minimum absolute atomic E-state index is 0.0486. The van der Waals surface area contributed by atoms with E-state index < -0.39 is 6.04 Å². The average molecular weight is 389 g/mol. The number of rotatable bonds is 6. The van der Waals surface area contributed by atoms with Gasteiger partial charge in [-0.3, -0.25) is 14.5 Å². The zero-order valence-electron chi connectivity index (χ0n) is 17.1. The molecule has 2 amide bonds. The summed E-state index contributed by atoms with van der Waals surface area (Å²) in [7, 11) is 3.38. The normalized spacial score (nSPS) is 21.5. The molecular formula is C21H31N3O4. The fourth-order valence-corrected chi connectivity index (χ4v) is 4.08. The van der Waals surface area contributed by atoms with Crippen LogP contribution in [0.5, 0.6) is 5.75 Å². The van der Waals surface area contributed by atoms with Gasteiger partial charge in [-0.25, -0.2) is 0 Å². The number of benzene rings is 1. The first kappa shape index (κ1) is 20.6. The van der Waals surface area contributed by atoms with Gasteiger partial charge in [-0.2, -0.15) is 0 Å². The number of ether oxygens (including phenoxy) is 2. The summed E-state index contributed by atoms with van der Waals surface area (Å²) in [5.74, 6) is 0.843. The van der Waals surface area contributed by atoms with Crippen LogP contribution >= 0.6 is 0 Å². The zero-order valence-corrected chi connectivity index (χ0v) is 17.1. The molecule has 1 aromatic rings. The molecule has 0 saturated carbocycles. The SMILES string of the molecule is COc1ccc(CN2CCNC(=O)C2CC(=O)N2CCC(OC)CC2)cc1C. The first-order valence-electron chi connectivity index (χ1n) is 9.97. The summed E-state index contributed by atoms with van der Waals surface area (Å²) >= 11 is 0. The highest BCUT2D eigenvalue weighted by Gasteiger charge is 2.33. The van der Waals surface area contributed by atoms with Crippen LogP contribution in [0.2, 0.25) is 0 Å². The number of nitrogens with zero attached hydrogens (tertiary/aromatic N) is 2. The van der Waals surface area contributed by atoms with E-state index in [0.29, 0.717) is 26.2 Å². The van der Waals surface area contributed by atoms with E-state index in [1.165, 1.54) is 0 Å². The van der Waals surface area contributed by atoms with Crippen LogP contribution in [0.1, 0.15) is 30.4 Å². The lowest BCUT2D eigenvalue weighted by molar-refractivity contribution is -0.140. The summed E-state index contributed by atoms with van der Waals surface area (Å²) in [6.45, 7) is 5.39. The number of amides is 2. The van der Waals surface area contributed by atoms with Crippen LogP contribution < -0.4 is 10.1 Å². The van der Waals surface area contributed by atoms with Crippen LogP contribution in [0.25, 0.3) is 0 Å². The topological polar surface area (TPSA) is 71.1 Å². The van der Waals surface area contributed by atoms with Gasteiger partial charge in [0.25, 0.3) is 0 Å². The van der Waals surface area contributed by atoms with Crippen LogP contribution in [0.4, 0.5) is 0 Å². The third kappa shape index (κ3) is 4.83. The lowest BCUT2D eigenvalue weighted by Crippen LogP contribution is -2.56. The molecule has 1 N–H and O–H groups in total. The summed E-state index contributed by atoms with van der Waals surface area (Å²) in [5, 5.41) is 2.91. The molecule has 7 heteroatoms. The van der Waals surface area contributed by atoms with Gasteiger partial charge in [0.05, 0.1) is 25.7 Å². The highest BCUT2D eigenvalue weighted by molar-refractivity contribution is 5.88. The van der Waals surface area contributed by atoms with Crippen LogP contribution in [-0.2, 0) is 20.9 Å². The molecular weight excluding hydrogens is 358 g/mol. The Morgan fingerprint density at radius 1 is 1.21 bits per heavy atom. The van der Waals surface area contributed by atoms with Gasteiger partial charge < -0.3 is 19.7 Å². The Kier molecular flexibility index (Phi) is 6.91. The number of piperidine rings is 1. The number of hydrogen-bond donors (Lipinski definition) is 1. The Labute approximate surface area is 167 Å². The van der Waals surface area contributed by atoms with E-state index in [1.807, 2.05) is 24.0 Å². The van der Waals surface area contributed by atoms with Crippen molar-refractivity contribution in [3.05, 3.63) is 29.3 Å². The third-order valence-corrected chi connectivity index (χ3v) is 5.78. The number of aryl methyl sites for hydroxylation is 1. The largest absolute Gasteiger partial charge is 0.496 e. The van der Waals surface area contributed by atoms with Gasteiger partial charge in [0, 0.05) is 39.8 Å². The Hall–Kier alpha value is -2.12. The maximum atomic E-state index is 12.8. The fraction of sp³-hybridized carbons (Fsp3) is 0.619.